The number of ether oxygens (including phenoxy) is 1. The third kappa shape index (κ3) is 2.17. The fourth-order valence-electron chi connectivity index (χ4n) is 4.32. The Morgan fingerprint density at radius 1 is 1.11 bits per heavy atom. The molecule has 8 heteroatoms. The first kappa shape index (κ1) is 18.0. The van der Waals surface area contributed by atoms with Crippen LogP contribution in [0.25, 0.3) is 6.08 Å². The molecule has 144 valence electrons. The van der Waals surface area contributed by atoms with E-state index in [0.29, 0.717) is 12.1 Å². The first-order valence-corrected chi connectivity index (χ1v) is 8.95. The molecule has 1 unspecified atom stereocenters. The molecule has 1 atom stereocenters. The molecule has 0 N–H and O–H groups in total. The van der Waals surface area contributed by atoms with Crippen LogP contribution in [0.15, 0.2) is 42.5 Å². The summed E-state index contributed by atoms with van der Waals surface area (Å²) in [4.78, 5) is 23.6. The van der Waals surface area contributed by atoms with Gasteiger partial charge in [0.15, 0.2) is 0 Å². The third-order valence-electron chi connectivity index (χ3n) is 5.72. The van der Waals surface area contributed by atoms with Crippen molar-refractivity contribution in [3.05, 3.63) is 73.8 Å². The zero-order chi connectivity index (χ0) is 20.3. The maximum absolute atomic E-state index is 11.6. The summed E-state index contributed by atoms with van der Waals surface area (Å²) in [5.41, 5.74) is 0.186. The molecule has 0 saturated carbocycles. The van der Waals surface area contributed by atoms with Crippen LogP contribution in [-0.4, -0.2) is 22.1 Å². The first-order valence-electron chi connectivity index (χ1n) is 8.95. The molecule has 0 radical (unpaired) electrons. The molecule has 2 aromatic rings. The molecule has 0 fully saturated rings. The molecule has 0 aromatic heterocycles. The van der Waals surface area contributed by atoms with Crippen LogP contribution >= 0.6 is 0 Å². The van der Waals surface area contributed by atoms with Crippen molar-refractivity contribution >= 4 is 23.1 Å². The first-order chi connectivity index (χ1) is 13.2. The van der Waals surface area contributed by atoms with Crippen molar-refractivity contribution in [1.29, 1.82) is 0 Å². The Hall–Kier alpha value is -3.42. The molecule has 2 aliphatic rings. The molecule has 1 spiro atoms. The van der Waals surface area contributed by atoms with E-state index in [1.54, 1.807) is 6.08 Å². The minimum atomic E-state index is -0.973. The van der Waals surface area contributed by atoms with E-state index < -0.39 is 26.7 Å². The highest BCUT2D eigenvalue weighted by molar-refractivity contribution is 5.76. The quantitative estimate of drug-likeness (QED) is 0.576. The van der Waals surface area contributed by atoms with Crippen LogP contribution in [0, 0.1) is 20.2 Å². The monoisotopic (exact) mass is 381 g/mol. The van der Waals surface area contributed by atoms with E-state index in [2.05, 4.69) is 4.90 Å². The number of likely N-dealkylation sites (N-methyl/N-ethyl adjacent to an activating group) is 1. The third-order valence-corrected chi connectivity index (χ3v) is 5.72. The minimum absolute atomic E-state index is 0.0532. The van der Waals surface area contributed by atoms with E-state index in [-0.39, 0.29) is 11.4 Å². The molecule has 2 heterocycles. The van der Waals surface area contributed by atoms with Crippen molar-refractivity contribution in [2.45, 2.75) is 31.9 Å². The van der Waals surface area contributed by atoms with Crippen LogP contribution in [0.5, 0.6) is 5.75 Å². The number of rotatable bonds is 3. The SMILES string of the molecule is CCN1c2ccccc2C(C)(C)C12C=Cc1cc([N+](=O)[O-])cc([N+](=O)[O-])c1O2. The van der Waals surface area contributed by atoms with Gasteiger partial charge in [-0.05, 0) is 44.6 Å². The molecular weight excluding hydrogens is 362 g/mol. The van der Waals surface area contributed by atoms with E-state index in [1.807, 2.05) is 51.1 Å². The van der Waals surface area contributed by atoms with Crippen molar-refractivity contribution in [2.75, 3.05) is 11.4 Å². The summed E-state index contributed by atoms with van der Waals surface area (Å²) in [6.07, 6.45) is 3.54. The standard InChI is InChI=1S/C20H19N3O5/c1-4-21-16-8-6-5-7-15(16)19(2,3)20(21)10-9-13-11-14(22(24)25)12-17(23(26)27)18(13)28-20/h5-12H,4H2,1-3H3. The van der Waals surface area contributed by atoms with Gasteiger partial charge in [-0.25, -0.2) is 0 Å². The number of hydrogen-bond acceptors (Lipinski definition) is 6. The van der Waals surface area contributed by atoms with Crippen molar-refractivity contribution in [2.24, 2.45) is 0 Å². The number of nitro benzene ring substituents is 2. The topological polar surface area (TPSA) is 98.8 Å². The summed E-state index contributed by atoms with van der Waals surface area (Å²) in [5, 5.41) is 22.8. The van der Waals surface area contributed by atoms with Gasteiger partial charge in [0.2, 0.25) is 11.5 Å². The summed E-state index contributed by atoms with van der Waals surface area (Å²) in [5.74, 6) is 0.0532. The van der Waals surface area contributed by atoms with E-state index in [9.17, 15) is 20.2 Å². The molecule has 0 bridgehead atoms. The number of non-ortho nitro benzene ring substituents is 1. The van der Waals surface area contributed by atoms with Crippen molar-refractivity contribution in [1.82, 2.24) is 0 Å². The fourth-order valence-corrected chi connectivity index (χ4v) is 4.32. The Kier molecular flexibility index (Phi) is 3.71. The second-order valence-corrected chi connectivity index (χ2v) is 7.42. The van der Waals surface area contributed by atoms with Crippen molar-refractivity contribution < 1.29 is 14.6 Å². The lowest BCUT2D eigenvalue weighted by molar-refractivity contribution is -0.395. The Balaban J connectivity index is 1.94. The van der Waals surface area contributed by atoms with Gasteiger partial charge in [0, 0.05) is 23.9 Å². The van der Waals surface area contributed by atoms with Crippen LogP contribution in [0.4, 0.5) is 17.1 Å². The molecule has 0 amide bonds. The highest BCUT2D eigenvalue weighted by Gasteiger charge is 2.59. The van der Waals surface area contributed by atoms with Gasteiger partial charge in [-0.2, -0.15) is 0 Å². The van der Waals surface area contributed by atoms with Gasteiger partial charge < -0.3 is 9.64 Å². The number of para-hydroxylation sites is 1. The van der Waals surface area contributed by atoms with Crippen LogP contribution in [0.3, 0.4) is 0 Å². The second-order valence-electron chi connectivity index (χ2n) is 7.42. The fraction of sp³-hybridized carbons (Fsp3) is 0.300. The predicted octanol–water partition coefficient (Wildman–Crippen LogP) is 4.42. The van der Waals surface area contributed by atoms with E-state index in [0.717, 1.165) is 17.3 Å². The number of fused-ring (bicyclic) bond motifs is 2. The number of hydrogen-bond donors (Lipinski definition) is 0. The van der Waals surface area contributed by atoms with Gasteiger partial charge in [0.1, 0.15) is 0 Å². The zero-order valence-electron chi connectivity index (χ0n) is 15.7. The maximum Gasteiger partial charge on any atom is 0.318 e. The van der Waals surface area contributed by atoms with Gasteiger partial charge in [-0.15, -0.1) is 0 Å². The lowest BCUT2D eigenvalue weighted by Gasteiger charge is -2.46. The van der Waals surface area contributed by atoms with E-state index in [1.165, 1.54) is 6.07 Å². The van der Waals surface area contributed by atoms with E-state index >= 15 is 0 Å². The number of nitro groups is 2. The maximum atomic E-state index is 11.6. The van der Waals surface area contributed by atoms with Crippen LogP contribution in [-0.2, 0) is 5.41 Å². The van der Waals surface area contributed by atoms with Gasteiger partial charge in [-0.1, -0.05) is 18.2 Å². The smallest absolute Gasteiger partial charge is 0.318 e. The van der Waals surface area contributed by atoms with E-state index in [4.69, 9.17) is 4.74 Å². The van der Waals surface area contributed by atoms with Gasteiger partial charge in [-0.3, -0.25) is 20.2 Å². The molecule has 0 saturated heterocycles. The highest BCUT2D eigenvalue weighted by atomic mass is 16.6. The Morgan fingerprint density at radius 2 is 1.82 bits per heavy atom. The summed E-state index contributed by atoms with van der Waals surface area (Å²) >= 11 is 0. The van der Waals surface area contributed by atoms with Crippen LogP contribution < -0.4 is 9.64 Å². The molecular formula is C20H19N3O5. The average Bonchev–Trinajstić information content (AvgIpc) is 2.84. The van der Waals surface area contributed by atoms with Crippen LogP contribution in [0.2, 0.25) is 0 Å². The predicted molar refractivity (Wildman–Crippen MR) is 105 cm³/mol. The Morgan fingerprint density at radius 3 is 2.46 bits per heavy atom. The normalized spacial score (nSPS) is 21.2. The summed E-state index contributed by atoms with van der Waals surface area (Å²) < 4.78 is 6.38. The summed E-state index contributed by atoms with van der Waals surface area (Å²) in [6, 6.07) is 10.2. The zero-order valence-corrected chi connectivity index (χ0v) is 15.7. The number of nitrogens with zero attached hydrogens (tertiary/aromatic N) is 3. The van der Waals surface area contributed by atoms with Crippen molar-refractivity contribution in [3.63, 3.8) is 0 Å². The Labute approximate surface area is 161 Å². The van der Waals surface area contributed by atoms with Gasteiger partial charge in [0.25, 0.3) is 5.69 Å². The van der Waals surface area contributed by atoms with Gasteiger partial charge in [0.05, 0.1) is 21.3 Å². The minimum Gasteiger partial charge on any atom is -0.456 e. The summed E-state index contributed by atoms with van der Waals surface area (Å²) in [7, 11) is 0. The number of anilines is 1. The molecule has 28 heavy (non-hydrogen) atoms. The summed E-state index contributed by atoms with van der Waals surface area (Å²) in [6.45, 7) is 6.69. The molecule has 8 nitrogen and oxygen atoms in total. The lowest BCUT2D eigenvalue weighted by Crippen LogP contribution is -2.59. The molecule has 4 rings (SSSR count). The highest BCUT2D eigenvalue weighted by Crippen LogP contribution is 2.56. The lowest BCUT2D eigenvalue weighted by atomic mass is 9.76. The number of benzene rings is 2. The van der Waals surface area contributed by atoms with Crippen molar-refractivity contribution in [3.8, 4) is 5.75 Å². The second kappa shape index (κ2) is 5.79. The Bertz CT molecular complexity index is 1050. The molecule has 2 aromatic carbocycles. The largest absolute Gasteiger partial charge is 0.456 e. The van der Waals surface area contributed by atoms with Crippen LogP contribution in [0.1, 0.15) is 31.9 Å². The molecule has 2 aliphatic heterocycles. The molecule has 0 aliphatic carbocycles. The average molecular weight is 381 g/mol. The van der Waals surface area contributed by atoms with Gasteiger partial charge >= 0.3 is 5.69 Å².